The van der Waals surface area contributed by atoms with Gasteiger partial charge in [0.05, 0.1) is 11.0 Å². The number of benzene rings is 2. The molecule has 2 amide bonds. The van der Waals surface area contributed by atoms with Crippen molar-refractivity contribution in [1.29, 1.82) is 0 Å². The number of hydrogen-bond donors (Lipinski definition) is 1. The van der Waals surface area contributed by atoms with Gasteiger partial charge in [-0.05, 0) is 55.7 Å². The Hall–Kier alpha value is -2.67. The molecule has 0 unspecified atom stereocenters. The van der Waals surface area contributed by atoms with Crippen LogP contribution in [0.25, 0.3) is 11.0 Å². The van der Waals surface area contributed by atoms with Gasteiger partial charge in [0.1, 0.15) is 12.4 Å². The van der Waals surface area contributed by atoms with Crippen LogP contribution >= 0.6 is 15.9 Å². The summed E-state index contributed by atoms with van der Waals surface area (Å²) in [6.07, 6.45) is 3.32. The zero-order chi connectivity index (χ0) is 22.9. The molecule has 7 heteroatoms. The first-order valence-corrected chi connectivity index (χ1v) is 12.1. The first-order valence-electron chi connectivity index (χ1n) is 11.3. The summed E-state index contributed by atoms with van der Waals surface area (Å²) in [5.74, 6) is 0.919. The van der Waals surface area contributed by atoms with Gasteiger partial charge in [0.15, 0.2) is 0 Å². The molecule has 1 N–H and O–H groups in total. The van der Waals surface area contributed by atoms with Crippen LogP contribution in [-0.2, 0) is 17.8 Å². The number of imidazole rings is 1. The maximum Gasteiger partial charge on any atom is 0.251 e. The number of carbonyl (C=O) groups excluding carboxylic acids is 2. The molecule has 3 rings (SSSR count). The zero-order valence-electron chi connectivity index (χ0n) is 18.8. The van der Waals surface area contributed by atoms with Crippen LogP contribution in [0.5, 0.6) is 0 Å². The first kappa shape index (κ1) is 24.0. The van der Waals surface area contributed by atoms with E-state index in [2.05, 4.69) is 35.1 Å². The van der Waals surface area contributed by atoms with Gasteiger partial charge in [-0.1, -0.05) is 41.9 Å². The minimum absolute atomic E-state index is 0.0871. The number of para-hydroxylation sites is 2. The molecular formula is C25H31BrN4O2. The standard InChI is InChI=1S/C25H31BrN4O2/c1-3-16-29(17-4-2)24(31)18-30-22-9-6-5-8-21(22)28-23(30)10-7-15-27-25(32)19-11-13-20(26)14-12-19/h5-6,8-9,11-14H,3-4,7,10,15-18H2,1-2H3,(H,27,32). The summed E-state index contributed by atoms with van der Waals surface area (Å²) in [5, 5.41) is 2.97. The van der Waals surface area contributed by atoms with Crippen LogP contribution in [-0.4, -0.2) is 45.9 Å². The van der Waals surface area contributed by atoms with E-state index in [0.29, 0.717) is 25.1 Å². The van der Waals surface area contributed by atoms with Gasteiger partial charge in [-0.2, -0.15) is 0 Å². The molecule has 6 nitrogen and oxygen atoms in total. The largest absolute Gasteiger partial charge is 0.352 e. The number of carbonyl (C=O) groups is 2. The fourth-order valence-corrected chi connectivity index (χ4v) is 4.05. The highest BCUT2D eigenvalue weighted by Crippen LogP contribution is 2.18. The lowest BCUT2D eigenvalue weighted by Gasteiger charge is -2.22. The molecule has 2 aromatic carbocycles. The van der Waals surface area contributed by atoms with Crippen LogP contribution in [0.2, 0.25) is 0 Å². The smallest absolute Gasteiger partial charge is 0.251 e. The van der Waals surface area contributed by atoms with E-state index in [0.717, 1.165) is 53.7 Å². The molecule has 1 heterocycles. The topological polar surface area (TPSA) is 67.2 Å². The van der Waals surface area contributed by atoms with Gasteiger partial charge < -0.3 is 14.8 Å². The van der Waals surface area contributed by atoms with E-state index in [1.165, 1.54) is 0 Å². The Morgan fingerprint density at radius 2 is 1.72 bits per heavy atom. The molecule has 0 atom stereocenters. The number of hydrogen-bond acceptors (Lipinski definition) is 3. The lowest BCUT2D eigenvalue weighted by molar-refractivity contribution is -0.131. The molecule has 0 aliphatic heterocycles. The minimum Gasteiger partial charge on any atom is -0.352 e. The van der Waals surface area contributed by atoms with Gasteiger partial charge in [-0.15, -0.1) is 0 Å². The maximum absolute atomic E-state index is 13.0. The molecule has 170 valence electrons. The number of nitrogens with one attached hydrogen (secondary N) is 1. The summed E-state index contributed by atoms with van der Waals surface area (Å²) in [6, 6.07) is 15.2. The van der Waals surface area contributed by atoms with Gasteiger partial charge in [-0.3, -0.25) is 9.59 Å². The Kier molecular flexibility index (Phi) is 8.85. The molecular weight excluding hydrogens is 468 g/mol. The van der Waals surface area contributed by atoms with E-state index < -0.39 is 0 Å². The van der Waals surface area contributed by atoms with Gasteiger partial charge in [0.25, 0.3) is 5.91 Å². The van der Waals surface area contributed by atoms with Crippen molar-refractivity contribution in [2.45, 2.75) is 46.1 Å². The Morgan fingerprint density at radius 1 is 1.03 bits per heavy atom. The average molecular weight is 499 g/mol. The van der Waals surface area contributed by atoms with Crippen molar-refractivity contribution in [2.75, 3.05) is 19.6 Å². The second-order valence-corrected chi connectivity index (χ2v) is 8.77. The summed E-state index contributed by atoms with van der Waals surface area (Å²) in [6.45, 7) is 6.57. The van der Waals surface area contributed by atoms with Crippen LogP contribution < -0.4 is 5.32 Å². The van der Waals surface area contributed by atoms with E-state index in [1.807, 2.05) is 45.9 Å². The Balaban J connectivity index is 1.66. The van der Waals surface area contributed by atoms with Crippen molar-refractivity contribution in [3.8, 4) is 0 Å². The summed E-state index contributed by atoms with van der Waals surface area (Å²) in [7, 11) is 0. The van der Waals surface area contributed by atoms with Crippen LogP contribution in [0.4, 0.5) is 0 Å². The number of aryl methyl sites for hydroxylation is 1. The van der Waals surface area contributed by atoms with Crippen LogP contribution in [0.3, 0.4) is 0 Å². The highest BCUT2D eigenvalue weighted by molar-refractivity contribution is 9.10. The highest BCUT2D eigenvalue weighted by Gasteiger charge is 2.17. The molecule has 0 saturated heterocycles. The van der Waals surface area contributed by atoms with E-state index in [4.69, 9.17) is 4.98 Å². The van der Waals surface area contributed by atoms with Gasteiger partial charge >= 0.3 is 0 Å². The molecule has 0 bridgehead atoms. The van der Waals surface area contributed by atoms with Crippen LogP contribution in [0.1, 0.15) is 49.3 Å². The maximum atomic E-state index is 13.0. The second kappa shape index (κ2) is 11.8. The predicted octanol–water partition coefficient (Wildman–Crippen LogP) is 4.81. The summed E-state index contributed by atoms with van der Waals surface area (Å²) in [4.78, 5) is 32.0. The van der Waals surface area contributed by atoms with Crippen molar-refractivity contribution < 1.29 is 9.59 Å². The number of halogens is 1. The summed E-state index contributed by atoms with van der Waals surface area (Å²) in [5.41, 5.74) is 2.51. The quantitative estimate of drug-likeness (QED) is 0.385. The molecule has 0 aliphatic carbocycles. The lowest BCUT2D eigenvalue weighted by Crippen LogP contribution is -2.35. The van der Waals surface area contributed by atoms with Crippen molar-refractivity contribution in [3.63, 3.8) is 0 Å². The second-order valence-electron chi connectivity index (χ2n) is 7.85. The zero-order valence-corrected chi connectivity index (χ0v) is 20.4. The summed E-state index contributed by atoms with van der Waals surface area (Å²) < 4.78 is 2.98. The predicted molar refractivity (Wildman–Crippen MR) is 132 cm³/mol. The van der Waals surface area contributed by atoms with Gasteiger partial charge in [0, 0.05) is 36.1 Å². The van der Waals surface area contributed by atoms with Gasteiger partial charge in [0.2, 0.25) is 5.91 Å². The molecule has 0 radical (unpaired) electrons. The fourth-order valence-electron chi connectivity index (χ4n) is 3.78. The van der Waals surface area contributed by atoms with Crippen molar-refractivity contribution in [2.24, 2.45) is 0 Å². The Labute approximate surface area is 198 Å². The molecule has 0 fully saturated rings. The molecule has 0 saturated carbocycles. The van der Waals surface area contributed by atoms with E-state index in [9.17, 15) is 9.59 Å². The van der Waals surface area contributed by atoms with E-state index >= 15 is 0 Å². The average Bonchev–Trinajstić information content (AvgIpc) is 3.14. The van der Waals surface area contributed by atoms with Crippen LogP contribution in [0.15, 0.2) is 53.0 Å². The van der Waals surface area contributed by atoms with Crippen molar-refractivity contribution in [3.05, 3.63) is 64.4 Å². The monoisotopic (exact) mass is 498 g/mol. The third-order valence-electron chi connectivity index (χ3n) is 5.34. The Morgan fingerprint density at radius 3 is 2.41 bits per heavy atom. The van der Waals surface area contributed by atoms with E-state index in [1.54, 1.807) is 12.1 Å². The highest BCUT2D eigenvalue weighted by atomic mass is 79.9. The molecule has 1 aromatic heterocycles. The number of aromatic nitrogens is 2. The number of fused-ring (bicyclic) bond motifs is 1. The molecule has 0 spiro atoms. The van der Waals surface area contributed by atoms with Crippen molar-refractivity contribution in [1.82, 2.24) is 19.8 Å². The van der Waals surface area contributed by atoms with Crippen molar-refractivity contribution >= 4 is 38.8 Å². The minimum atomic E-state index is -0.0871. The lowest BCUT2D eigenvalue weighted by atomic mass is 10.2. The van der Waals surface area contributed by atoms with Gasteiger partial charge in [-0.25, -0.2) is 4.98 Å². The SMILES string of the molecule is CCCN(CCC)C(=O)Cn1c(CCCNC(=O)c2ccc(Br)cc2)nc2ccccc21. The normalized spacial score (nSPS) is 11.0. The summed E-state index contributed by atoms with van der Waals surface area (Å²) >= 11 is 3.38. The number of amides is 2. The van der Waals surface area contributed by atoms with E-state index in [-0.39, 0.29) is 11.8 Å². The third-order valence-corrected chi connectivity index (χ3v) is 5.86. The Bertz CT molecular complexity index is 1040. The third kappa shape index (κ3) is 6.19. The molecule has 3 aromatic rings. The molecule has 0 aliphatic rings. The fraction of sp³-hybridized carbons (Fsp3) is 0.400. The molecule has 32 heavy (non-hydrogen) atoms. The number of rotatable bonds is 11. The first-order chi connectivity index (χ1) is 15.5. The van der Waals surface area contributed by atoms with Crippen LogP contribution in [0, 0.1) is 0 Å². The number of nitrogens with zero attached hydrogens (tertiary/aromatic N) is 3.